The minimum atomic E-state index is 0.716. The summed E-state index contributed by atoms with van der Waals surface area (Å²) in [6.45, 7) is 2.83. The van der Waals surface area contributed by atoms with Gasteiger partial charge in [0.25, 0.3) is 0 Å². The zero-order valence-corrected chi connectivity index (χ0v) is 10.6. The molecule has 0 saturated heterocycles. The van der Waals surface area contributed by atoms with Gasteiger partial charge in [-0.3, -0.25) is 4.40 Å². The van der Waals surface area contributed by atoms with Crippen LogP contribution in [0.3, 0.4) is 0 Å². The van der Waals surface area contributed by atoms with Crippen LogP contribution in [0.1, 0.15) is 17.7 Å². The van der Waals surface area contributed by atoms with Gasteiger partial charge in [0.2, 0.25) is 0 Å². The van der Waals surface area contributed by atoms with Crippen molar-refractivity contribution in [2.45, 2.75) is 19.8 Å². The molecule has 0 fully saturated rings. The molecule has 18 heavy (non-hydrogen) atoms. The first-order valence-electron chi connectivity index (χ1n) is 6.35. The van der Waals surface area contributed by atoms with Crippen LogP contribution in [-0.2, 0) is 6.42 Å². The molecule has 0 bridgehead atoms. The monoisotopic (exact) mass is 239 g/mol. The number of aryl methyl sites for hydroxylation is 2. The van der Waals surface area contributed by atoms with Gasteiger partial charge in [-0.05, 0) is 56.0 Å². The molecule has 0 atom stereocenters. The molecule has 2 N–H and O–H groups in total. The predicted molar refractivity (Wildman–Crippen MR) is 74.8 cm³/mol. The number of imidazole rings is 1. The Morgan fingerprint density at radius 1 is 1.22 bits per heavy atom. The van der Waals surface area contributed by atoms with E-state index in [1.165, 1.54) is 16.5 Å². The van der Waals surface area contributed by atoms with Gasteiger partial charge in [0.1, 0.15) is 5.65 Å². The van der Waals surface area contributed by atoms with Gasteiger partial charge in [0.15, 0.2) is 0 Å². The predicted octanol–water partition coefficient (Wildman–Crippen LogP) is 2.69. The summed E-state index contributed by atoms with van der Waals surface area (Å²) >= 11 is 0. The van der Waals surface area contributed by atoms with E-state index in [2.05, 4.69) is 52.8 Å². The highest BCUT2D eigenvalue weighted by molar-refractivity contribution is 5.82. The first kappa shape index (κ1) is 11.2. The molecule has 3 aromatic rings. The van der Waals surface area contributed by atoms with Crippen LogP contribution in [0.25, 0.3) is 16.6 Å². The number of rotatable bonds is 3. The smallest absolute Gasteiger partial charge is 0.137 e. The molecule has 2 heterocycles. The SMILES string of the molecule is Cc1ccc2c(ccc3nc(CCCN)cn32)c1. The minimum absolute atomic E-state index is 0.716. The van der Waals surface area contributed by atoms with Crippen LogP contribution in [0.4, 0.5) is 0 Å². The van der Waals surface area contributed by atoms with E-state index in [9.17, 15) is 0 Å². The summed E-state index contributed by atoms with van der Waals surface area (Å²) in [5.74, 6) is 0. The summed E-state index contributed by atoms with van der Waals surface area (Å²) in [6, 6.07) is 10.7. The lowest BCUT2D eigenvalue weighted by Gasteiger charge is -2.02. The molecule has 0 spiro atoms. The van der Waals surface area contributed by atoms with Crippen molar-refractivity contribution in [3.63, 3.8) is 0 Å². The maximum atomic E-state index is 5.54. The van der Waals surface area contributed by atoms with Crippen LogP contribution in [0, 0.1) is 6.92 Å². The first-order valence-corrected chi connectivity index (χ1v) is 6.35. The van der Waals surface area contributed by atoms with Gasteiger partial charge in [0, 0.05) is 6.20 Å². The van der Waals surface area contributed by atoms with Gasteiger partial charge >= 0.3 is 0 Å². The van der Waals surface area contributed by atoms with Crippen molar-refractivity contribution in [1.82, 2.24) is 9.38 Å². The van der Waals surface area contributed by atoms with Crippen molar-refractivity contribution >= 4 is 16.6 Å². The minimum Gasteiger partial charge on any atom is -0.330 e. The lowest BCUT2D eigenvalue weighted by molar-refractivity contribution is 0.816. The van der Waals surface area contributed by atoms with Gasteiger partial charge in [-0.25, -0.2) is 4.98 Å². The van der Waals surface area contributed by atoms with E-state index in [4.69, 9.17) is 5.73 Å². The molecule has 2 aromatic heterocycles. The number of nitrogens with two attached hydrogens (primary N) is 1. The average molecular weight is 239 g/mol. The standard InChI is InChI=1S/C15H17N3/c1-11-4-6-14-12(9-11)5-7-15-17-13(3-2-8-16)10-18(14)15/h4-7,9-10H,2-3,8,16H2,1H3. The summed E-state index contributed by atoms with van der Waals surface area (Å²) < 4.78 is 2.17. The van der Waals surface area contributed by atoms with E-state index < -0.39 is 0 Å². The Bertz CT molecular complexity index is 697. The molecule has 3 heteroatoms. The number of pyridine rings is 1. The summed E-state index contributed by atoms with van der Waals surface area (Å²) in [5.41, 5.74) is 10.2. The van der Waals surface area contributed by atoms with Gasteiger partial charge in [-0.15, -0.1) is 0 Å². The Morgan fingerprint density at radius 3 is 2.94 bits per heavy atom. The van der Waals surface area contributed by atoms with E-state index >= 15 is 0 Å². The number of benzene rings is 1. The molecule has 92 valence electrons. The molecule has 0 unspecified atom stereocenters. The second-order valence-electron chi connectivity index (χ2n) is 4.75. The summed E-state index contributed by atoms with van der Waals surface area (Å²) in [4.78, 5) is 4.63. The Hall–Kier alpha value is -1.87. The van der Waals surface area contributed by atoms with E-state index in [-0.39, 0.29) is 0 Å². The molecule has 0 aliphatic heterocycles. The van der Waals surface area contributed by atoms with Crippen molar-refractivity contribution < 1.29 is 0 Å². The lowest BCUT2D eigenvalue weighted by Crippen LogP contribution is -2.00. The van der Waals surface area contributed by atoms with Crippen LogP contribution in [-0.4, -0.2) is 15.9 Å². The third-order valence-electron chi connectivity index (χ3n) is 3.27. The molecule has 0 aliphatic carbocycles. The van der Waals surface area contributed by atoms with E-state index in [0.717, 1.165) is 24.2 Å². The van der Waals surface area contributed by atoms with Crippen LogP contribution >= 0.6 is 0 Å². The summed E-state index contributed by atoms with van der Waals surface area (Å²) in [7, 11) is 0. The summed E-state index contributed by atoms with van der Waals surface area (Å²) in [6.07, 6.45) is 4.06. The highest BCUT2D eigenvalue weighted by Crippen LogP contribution is 2.19. The fraction of sp³-hybridized carbons (Fsp3) is 0.267. The number of aromatic nitrogens is 2. The van der Waals surface area contributed by atoms with Crippen molar-refractivity contribution in [1.29, 1.82) is 0 Å². The normalized spacial score (nSPS) is 11.4. The van der Waals surface area contributed by atoms with Gasteiger partial charge < -0.3 is 5.73 Å². The third kappa shape index (κ3) is 1.87. The van der Waals surface area contributed by atoms with E-state index in [1.54, 1.807) is 0 Å². The zero-order chi connectivity index (χ0) is 12.5. The van der Waals surface area contributed by atoms with Crippen molar-refractivity contribution in [2.75, 3.05) is 6.54 Å². The number of fused-ring (bicyclic) bond motifs is 3. The fourth-order valence-corrected chi connectivity index (χ4v) is 2.35. The second-order valence-corrected chi connectivity index (χ2v) is 4.75. The zero-order valence-electron chi connectivity index (χ0n) is 10.6. The second kappa shape index (κ2) is 4.42. The fourth-order valence-electron chi connectivity index (χ4n) is 2.35. The van der Waals surface area contributed by atoms with Gasteiger partial charge in [0.05, 0.1) is 11.2 Å². The molecule has 1 aromatic carbocycles. The number of hydrogen-bond donors (Lipinski definition) is 1. The maximum absolute atomic E-state index is 5.54. The molecule has 0 amide bonds. The van der Waals surface area contributed by atoms with E-state index in [1.807, 2.05) is 0 Å². The molecule has 0 saturated carbocycles. The Morgan fingerprint density at radius 2 is 2.11 bits per heavy atom. The molecular weight excluding hydrogens is 222 g/mol. The summed E-state index contributed by atoms with van der Waals surface area (Å²) in [5, 5.41) is 1.25. The Kier molecular flexibility index (Phi) is 2.76. The molecule has 3 rings (SSSR count). The van der Waals surface area contributed by atoms with Crippen LogP contribution in [0.2, 0.25) is 0 Å². The topological polar surface area (TPSA) is 43.3 Å². The van der Waals surface area contributed by atoms with Crippen molar-refractivity contribution in [2.24, 2.45) is 5.73 Å². The highest BCUT2D eigenvalue weighted by Gasteiger charge is 2.04. The third-order valence-corrected chi connectivity index (χ3v) is 3.27. The van der Waals surface area contributed by atoms with Crippen LogP contribution < -0.4 is 5.73 Å². The lowest BCUT2D eigenvalue weighted by atomic mass is 10.1. The Labute approximate surface area is 106 Å². The van der Waals surface area contributed by atoms with Crippen molar-refractivity contribution in [3.8, 4) is 0 Å². The van der Waals surface area contributed by atoms with E-state index in [0.29, 0.717) is 6.54 Å². The number of nitrogens with zero attached hydrogens (tertiary/aromatic N) is 2. The number of hydrogen-bond acceptors (Lipinski definition) is 2. The molecule has 0 aliphatic rings. The first-order chi connectivity index (χ1) is 8.78. The van der Waals surface area contributed by atoms with Gasteiger partial charge in [-0.2, -0.15) is 0 Å². The molecular formula is C15H17N3. The average Bonchev–Trinajstić information content (AvgIpc) is 2.79. The quantitative estimate of drug-likeness (QED) is 0.763. The van der Waals surface area contributed by atoms with Gasteiger partial charge in [-0.1, -0.05) is 11.6 Å². The Balaban J connectivity index is 2.17. The maximum Gasteiger partial charge on any atom is 0.137 e. The van der Waals surface area contributed by atoms with Crippen LogP contribution in [0.5, 0.6) is 0 Å². The highest BCUT2D eigenvalue weighted by atomic mass is 15.0. The molecule has 3 nitrogen and oxygen atoms in total. The largest absolute Gasteiger partial charge is 0.330 e. The molecule has 0 radical (unpaired) electrons. The van der Waals surface area contributed by atoms with Crippen LogP contribution in [0.15, 0.2) is 36.5 Å². The van der Waals surface area contributed by atoms with Crippen molar-refractivity contribution in [3.05, 3.63) is 47.8 Å².